The van der Waals surface area contributed by atoms with Crippen molar-refractivity contribution in [3.63, 3.8) is 0 Å². The van der Waals surface area contributed by atoms with Crippen LogP contribution in [0, 0.1) is 0 Å². The molecule has 5 aromatic carbocycles. The third-order valence-electron chi connectivity index (χ3n) is 7.36. The van der Waals surface area contributed by atoms with Crippen LogP contribution in [-0.2, 0) is 10.4 Å². The molecule has 1 atom stereocenters. The lowest BCUT2D eigenvalue weighted by molar-refractivity contribution is 0.362. The van der Waals surface area contributed by atoms with Crippen LogP contribution in [0.4, 0.5) is 22.7 Å². The summed E-state index contributed by atoms with van der Waals surface area (Å²) in [5.41, 5.74) is 5.18. The summed E-state index contributed by atoms with van der Waals surface area (Å²) in [6, 6.07) is 33.7. The van der Waals surface area contributed by atoms with Crippen LogP contribution in [0.3, 0.4) is 0 Å². The number of rotatable bonds is 0. The van der Waals surface area contributed by atoms with Crippen molar-refractivity contribution < 1.29 is 4.74 Å². The zero-order chi connectivity index (χ0) is 23.1. The Morgan fingerprint density at radius 1 is 0.714 bits per heavy atom. The van der Waals surface area contributed by atoms with Crippen LogP contribution in [0.1, 0.15) is 11.1 Å². The summed E-state index contributed by atoms with van der Waals surface area (Å²) in [6.45, 7) is 0. The molecule has 0 fully saturated rings. The van der Waals surface area contributed by atoms with E-state index in [2.05, 4.69) is 95.1 Å². The Bertz CT molecular complexity index is 1780. The number of hydrogen-bond acceptors (Lipinski definition) is 5. The lowest BCUT2D eigenvalue weighted by Crippen LogP contribution is -2.56. The number of benzene rings is 5. The third-order valence-corrected chi connectivity index (χ3v) is 7.36. The number of nitrogens with one attached hydrogen (secondary N) is 1. The standard InChI is InChI=1S/C30H20N4O/c1-35-29-30(33-24-16-6-9-18-8-4-14-22(32-29)26(18)24)21-13-3-2-12-20(21)28-31-23-15-5-10-19-11-7-17-25(27(19)23)34(28)30/h2-17,33H,1H3. The van der Waals surface area contributed by atoms with Gasteiger partial charge in [-0.3, -0.25) is 4.90 Å². The molecule has 0 aliphatic carbocycles. The van der Waals surface area contributed by atoms with Crippen molar-refractivity contribution >= 4 is 56.0 Å². The second-order valence-electron chi connectivity index (χ2n) is 9.11. The van der Waals surface area contributed by atoms with E-state index in [0.717, 1.165) is 61.3 Å². The van der Waals surface area contributed by atoms with Gasteiger partial charge in [-0.1, -0.05) is 72.8 Å². The summed E-state index contributed by atoms with van der Waals surface area (Å²) < 4.78 is 6.15. The number of hydrogen-bond donors (Lipinski definition) is 1. The van der Waals surface area contributed by atoms with E-state index in [1.165, 1.54) is 0 Å². The SMILES string of the molecule is COC1=Nc2cccc3cccc(c23)NC12c1ccccc1C1=Nc3cccc4cccc(c34)N12. The monoisotopic (exact) mass is 452 g/mol. The topological polar surface area (TPSA) is 49.2 Å². The van der Waals surface area contributed by atoms with E-state index in [1.54, 1.807) is 7.11 Å². The normalized spacial score (nSPS) is 19.1. The highest BCUT2D eigenvalue weighted by molar-refractivity contribution is 6.28. The summed E-state index contributed by atoms with van der Waals surface area (Å²) in [4.78, 5) is 12.6. The quantitative estimate of drug-likeness (QED) is 0.279. The van der Waals surface area contributed by atoms with Crippen LogP contribution in [0.15, 0.2) is 107 Å². The fourth-order valence-electron chi connectivity index (χ4n) is 5.98. The lowest BCUT2D eigenvalue weighted by atomic mass is 9.96. The first kappa shape index (κ1) is 18.7. The van der Waals surface area contributed by atoms with E-state index in [0.29, 0.717) is 5.90 Å². The Labute approximate surface area is 202 Å². The van der Waals surface area contributed by atoms with Crippen LogP contribution in [0.2, 0.25) is 0 Å². The largest absolute Gasteiger partial charge is 0.481 e. The first-order valence-corrected chi connectivity index (χ1v) is 11.7. The van der Waals surface area contributed by atoms with E-state index in [9.17, 15) is 0 Å². The van der Waals surface area contributed by atoms with E-state index < -0.39 is 5.66 Å². The molecule has 3 aliphatic rings. The second-order valence-corrected chi connectivity index (χ2v) is 9.11. The van der Waals surface area contributed by atoms with Crippen molar-refractivity contribution in [1.82, 2.24) is 0 Å². The average Bonchev–Trinajstić information content (AvgIpc) is 3.08. The molecule has 1 spiro atoms. The van der Waals surface area contributed by atoms with E-state index >= 15 is 0 Å². The van der Waals surface area contributed by atoms with E-state index in [-0.39, 0.29) is 0 Å². The van der Waals surface area contributed by atoms with Crippen molar-refractivity contribution in [2.24, 2.45) is 9.98 Å². The molecule has 0 aromatic heterocycles. The summed E-state index contributed by atoms with van der Waals surface area (Å²) in [5, 5.41) is 8.42. The van der Waals surface area contributed by atoms with Crippen molar-refractivity contribution in [2.75, 3.05) is 17.3 Å². The molecule has 8 rings (SSSR count). The fourth-order valence-corrected chi connectivity index (χ4v) is 5.98. The summed E-state index contributed by atoms with van der Waals surface area (Å²) in [6.07, 6.45) is 0. The molecule has 0 saturated heterocycles. The average molecular weight is 453 g/mol. The molecule has 3 heterocycles. The zero-order valence-electron chi connectivity index (χ0n) is 19.0. The lowest BCUT2D eigenvalue weighted by Gasteiger charge is -2.42. The van der Waals surface area contributed by atoms with Crippen molar-refractivity contribution in [1.29, 1.82) is 0 Å². The Morgan fingerprint density at radius 3 is 2.20 bits per heavy atom. The molecule has 0 bridgehead atoms. The predicted octanol–water partition coefficient (Wildman–Crippen LogP) is 6.86. The Hall–Kier alpha value is -4.64. The van der Waals surface area contributed by atoms with Crippen molar-refractivity contribution in [3.8, 4) is 0 Å². The summed E-state index contributed by atoms with van der Waals surface area (Å²) in [5.74, 6) is 1.47. The van der Waals surface area contributed by atoms with Gasteiger partial charge in [0.15, 0.2) is 0 Å². The van der Waals surface area contributed by atoms with Crippen LogP contribution < -0.4 is 10.2 Å². The van der Waals surface area contributed by atoms with Crippen LogP contribution in [0.5, 0.6) is 0 Å². The molecule has 5 nitrogen and oxygen atoms in total. The molecule has 35 heavy (non-hydrogen) atoms. The van der Waals surface area contributed by atoms with Gasteiger partial charge in [-0.15, -0.1) is 0 Å². The van der Waals surface area contributed by atoms with Crippen molar-refractivity contribution in [2.45, 2.75) is 5.66 Å². The van der Waals surface area contributed by atoms with Crippen LogP contribution in [0.25, 0.3) is 21.5 Å². The molecule has 0 radical (unpaired) electrons. The number of fused-ring (bicyclic) bond motifs is 6. The number of ether oxygens (including phenoxy) is 1. The minimum absolute atomic E-state index is 0.579. The van der Waals surface area contributed by atoms with Gasteiger partial charge in [0.25, 0.3) is 0 Å². The van der Waals surface area contributed by atoms with Crippen LogP contribution >= 0.6 is 0 Å². The molecule has 5 aromatic rings. The molecule has 1 unspecified atom stereocenters. The third kappa shape index (κ3) is 2.23. The predicted molar refractivity (Wildman–Crippen MR) is 142 cm³/mol. The molecule has 0 amide bonds. The van der Waals surface area contributed by atoms with Gasteiger partial charge in [0.2, 0.25) is 11.6 Å². The highest BCUT2D eigenvalue weighted by Crippen LogP contribution is 2.53. The summed E-state index contributed by atoms with van der Waals surface area (Å²) in [7, 11) is 1.70. The fraction of sp³-hybridized carbons (Fsp3) is 0.0667. The number of nitrogens with zero attached hydrogens (tertiary/aromatic N) is 3. The Balaban J connectivity index is 1.53. The number of anilines is 2. The highest BCUT2D eigenvalue weighted by Gasteiger charge is 2.56. The Morgan fingerprint density at radius 2 is 1.40 bits per heavy atom. The first-order valence-electron chi connectivity index (χ1n) is 11.7. The molecular weight excluding hydrogens is 432 g/mol. The Kier molecular flexibility index (Phi) is 3.47. The van der Waals surface area contributed by atoms with Gasteiger partial charge < -0.3 is 10.1 Å². The van der Waals surface area contributed by atoms with Gasteiger partial charge in [0.05, 0.1) is 24.2 Å². The molecule has 166 valence electrons. The zero-order valence-corrected chi connectivity index (χ0v) is 19.0. The molecule has 3 aliphatic heterocycles. The minimum Gasteiger partial charge on any atom is -0.481 e. The summed E-state index contributed by atoms with van der Waals surface area (Å²) >= 11 is 0. The maximum atomic E-state index is 6.15. The minimum atomic E-state index is -0.903. The maximum absolute atomic E-state index is 6.15. The number of amidine groups is 1. The number of methoxy groups -OCH3 is 1. The molecule has 5 heteroatoms. The second kappa shape index (κ2) is 6.48. The van der Waals surface area contributed by atoms with Gasteiger partial charge >= 0.3 is 0 Å². The van der Waals surface area contributed by atoms with E-state index in [1.807, 2.05) is 12.1 Å². The molecule has 1 N–H and O–H groups in total. The first-order chi connectivity index (χ1) is 17.3. The maximum Gasteiger partial charge on any atom is 0.242 e. The van der Waals surface area contributed by atoms with Gasteiger partial charge in [-0.2, -0.15) is 0 Å². The van der Waals surface area contributed by atoms with Gasteiger partial charge in [-0.05, 0) is 35.0 Å². The number of aliphatic imine (C=N–C) groups is 2. The van der Waals surface area contributed by atoms with Gasteiger partial charge in [0, 0.05) is 27.6 Å². The smallest absolute Gasteiger partial charge is 0.242 e. The van der Waals surface area contributed by atoms with Gasteiger partial charge in [-0.25, -0.2) is 9.98 Å². The molecular formula is C30H20N4O. The van der Waals surface area contributed by atoms with Crippen molar-refractivity contribution in [3.05, 3.63) is 108 Å². The molecule has 0 saturated carbocycles. The highest BCUT2D eigenvalue weighted by atomic mass is 16.5. The van der Waals surface area contributed by atoms with Gasteiger partial charge in [0.1, 0.15) is 5.84 Å². The van der Waals surface area contributed by atoms with Crippen LogP contribution in [-0.4, -0.2) is 18.8 Å². The van der Waals surface area contributed by atoms with E-state index in [4.69, 9.17) is 14.7 Å².